The molecular weight excluding hydrogens is 619 g/mol. The average molecular weight is 654 g/mol. The maximum Gasteiger partial charge on any atom is 0.0547 e. The first-order chi connectivity index (χ1) is 25.0. The minimum absolute atomic E-state index is 0.0702. The number of benzene rings is 7. The standard InChI is InChI=1S/C48H35N3/c1-48(2)44-16-10-9-15-40(44)41-23-22-39(30-45(41)48)50(36-11-5-3-6-12-36)38-20-17-32(18-21-38)33-19-24-46-42(27-33)43-28-35-31-49-26-25-34(35)29-47(43)51(46)37-13-7-4-8-14-37/h3-31H,1-2H3. The Kier molecular flexibility index (Phi) is 6.53. The van der Waals surface area contributed by atoms with Crippen LogP contribution in [-0.4, -0.2) is 9.55 Å². The molecule has 51 heavy (non-hydrogen) atoms. The molecule has 0 saturated carbocycles. The molecule has 0 atom stereocenters. The molecule has 3 heteroatoms. The summed E-state index contributed by atoms with van der Waals surface area (Å²) < 4.78 is 2.38. The number of rotatable bonds is 5. The molecule has 1 aliphatic rings. The second-order valence-corrected chi connectivity index (χ2v) is 14.1. The van der Waals surface area contributed by atoms with Crippen LogP contribution in [0.25, 0.3) is 60.5 Å². The highest BCUT2D eigenvalue weighted by molar-refractivity contribution is 6.14. The fourth-order valence-corrected chi connectivity index (χ4v) is 8.29. The average Bonchev–Trinajstić information content (AvgIpc) is 3.62. The van der Waals surface area contributed by atoms with E-state index in [2.05, 4.69) is 192 Å². The normalized spacial score (nSPS) is 13.1. The molecule has 9 aromatic rings. The van der Waals surface area contributed by atoms with E-state index in [9.17, 15) is 0 Å². The number of hydrogen-bond acceptors (Lipinski definition) is 2. The largest absolute Gasteiger partial charge is 0.310 e. The molecule has 0 radical (unpaired) electrons. The van der Waals surface area contributed by atoms with Gasteiger partial charge < -0.3 is 9.47 Å². The van der Waals surface area contributed by atoms with E-state index in [-0.39, 0.29) is 5.41 Å². The van der Waals surface area contributed by atoms with Crippen molar-refractivity contribution in [3.8, 4) is 27.9 Å². The fraction of sp³-hybridized carbons (Fsp3) is 0.0625. The summed E-state index contributed by atoms with van der Waals surface area (Å²) in [5.41, 5.74) is 14.7. The number of fused-ring (bicyclic) bond motifs is 7. The van der Waals surface area contributed by atoms with Crippen molar-refractivity contribution in [2.24, 2.45) is 0 Å². The molecule has 0 bridgehead atoms. The first-order valence-electron chi connectivity index (χ1n) is 17.6. The minimum atomic E-state index is -0.0702. The summed E-state index contributed by atoms with van der Waals surface area (Å²) in [6.45, 7) is 4.69. The van der Waals surface area contributed by atoms with Gasteiger partial charge in [0.05, 0.1) is 11.0 Å². The molecule has 0 amide bonds. The third-order valence-electron chi connectivity index (χ3n) is 10.8. The van der Waals surface area contributed by atoms with E-state index in [0.29, 0.717) is 0 Å². The summed E-state index contributed by atoms with van der Waals surface area (Å²) in [4.78, 5) is 6.79. The van der Waals surface area contributed by atoms with Crippen LogP contribution in [0.3, 0.4) is 0 Å². The maximum absolute atomic E-state index is 4.42. The molecule has 0 saturated heterocycles. The topological polar surface area (TPSA) is 21.1 Å². The van der Waals surface area contributed by atoms with Crippen LogP contribution in [-0.2, 0) is 5.41 Å². The number of aromatic nitrogens is 2. The Morgan fingerprint density at radius 1 is 0.490 bits per heavy atom. The summed E-state index contributed by atoms with van der Waals surface area (Å²) in [5.74, 6) is 0. The molecule has 1 aliphatic carbocycles. The Hall–Kier alpha value is -6.45. The van der Waals surface area contributed by atoms with Crippen molar-refractivity contribution in [1.29, 1.82) is 0 Å². The monoisotopic (exact) mass is 653 g/mol. The highest BCUT2D eigenvalue weighted by Crippen LogP contribution is 2.50. The van der Waals surface area contributed by atoms with Crippen molar-refractivity contribution >= 4 is 49.6 Å². The molecule has 2 aromatic heterocycles. The highest BCUT2D eigenvalue weighted by Gasteiger charge is 2.35. The number of pyridine rings is 1. The van der Waals surface area contributed by atoms with Crippen molar-refractivity contribution in [2.45, 2.75) is 19.3 Å². The lowest BCUT2D eigenvalue weighted by molar-refractivity contribution is 0.660. The lowest BCUT2D eigenvalue weighted by Crippen LogP contribution is -2.16. The Labute approximate surface area is 297 Å². The lowest BCUT2D eigenvalue weighted by atomic mass is 9.82. The van der Waals surface area contributed by atoms with Gasteiger partial charge in [-0.1, -0.05) is 98.8 Å². The van der Waals surface area contributed by atoms with E-state index in [1.54, 1.807) is 0 Å². The van der Waals surface area contributed by atoms with E-state index in [1.165, 1.54) is 60.6 Å². The van der Waals surface area contributed by atoms with Gasteiger partial charge in [0.25, 0.3) is 0 Å². The SMILES string of the molecule is CC1(C)c2ccccc2-c2ccc(N(c3ccccc3)c3ccc(-c4ccc5c(c4)c4cc6cnccc6cc4n5-c4ccccc4)cc3)cc21. The molecule has 0 fully saturated rings. The molecule has 0 N–H and O–H groups in total. The molecular formula is C48H35N3. The zero-order chi connectivity index (χ0) is 34.1. The zero-order valence-electron chi connectivity index (χ0n) is 28.6. The van der Waals surface area contributed by atoms with Crippen LogP contribution in [0, 0.1) is 0 Å². The summed E-state index contributed by atoms with van der Waals surface area (Å²) >= 11 is 0. The Balaban J connectivity index is 1.08. The molecule has 3 nitrogen and oxygen atoms in total. The number of anilines is 3. The lowest BCUT2D eigenvalue weighted by Gasteiger charge is -2.28. The number of nitrogens with zero attached hydrogens (tertiary/aromatic N) is 3. The molecule has 242 valence electrons. The van der Waals surface area contributed by atoms with Crippen LogP contribution in [0.5, 0.6) is 0 Å². The predicted molar refractivity (Wildman–Crippen MR) is 214 cm³/mol. The number of hydrogen-bond donors (Lipinski definition) is 0. The van der Waals surface area contributed by atoms with Gasteiger partial charge in [-0.05, 0) is 118 Å². The molecule has 0 unspecified atom stereocenters. The van der Waals surface area contributed by atoms with Gasteiger partial charge in [-0.25, -0.2) is 0 Å². The van der Waals surface area contributed by atoms with E-state index < -0.39 is 0 Å². The summed E-state index contributed by atoms with van der Waals surface area (Å²) in [6, 6.07) is 59.7. The van der Waals surface area contributed by atoms with Crippen molar-refractivity contribution in [3.05, 3.63) is 187 Å². The Morgan fingerprint density at radius 3 is 1.98 bits per heavy atom. The van der Waals surface area contributed by atoms with E-state index >= 15 is 0 Å². The van der Waals surface area contributed by atoms with E-state index in [1.807, 2.05) is 12.4 Å². The summed E-state index contributed by atoms with van der Waals surface area (Å²) in [6.07, 6.45) is 3.83. The van der Waals surface area contributed by atoms with Gasteiger partial charge in [0.2, 0.25) is 0 Å². The van der Waals surface area contributed by atoms with E-state index in [0.717, 1.165) is 28.1 Å². The highest BCUT2D eigenvalue weighted by atomic mass is 15.1. The Morgan fingerprint density at radius 2 is 1.16 bits per heavy atom. The van der Waals surface area contributed by atoms with Crippen LogP contribution in [0.1, 0.15) is 25.0 Å². The second-order valence-electron chi connectivity index (χ2n) is 14.1. The third-order valence-corrected chi connectivity index (χ3v) is 10.8. The van der Waals surface area contributed by atoms with Crippen molar-refractivity contribution in [2.75, 3.05) is 4.90 Å². The van der Waals surface area contributed by atoms with Crippen LogP contribution < -0.4 is 4.90 Å². The maximum atomic E-state index is 4.42. The van der Waals surface area contributed by atoms with Gasteiger partial charge in [-0.3, -0.25) is 4.98 Å². The smallest absolute Gasteiger partial charge is 0.0547 e. The molecule has 0 aliphatic heterocycles. The van der Waals surface area contributed by atoms with Gasteiger partial charge >= 0.3 is 0 Å². The molecule has 0 spiro atoms. The molecule has 10 rings (SSSR count). The first kappa shape index (κ1) is 29.5. The predicted octanol–water partition coefficient (Wildman–Crippen LogP) is 12.8. The number of para-hydroxylation sites is 2. The second kappa shape index (κ2) is 11.3. The van der Waals surface area contributed by atoms with Gasteiger partial charge in [0, 0.05) is 56.7 Å². The van der Waals surface area contributed by atoms with Gasteiger partial charge in [0.15, 0.2) is 0 Å². The van der Waals surface area contributed by atoms with Crippen LogP contribution in [0.2, 0.25) is 0 Å². The third kappa shape index (κ3) is 4.62. The van der Waals surface area contributed by atoms with Gasteiger partial charge in [0.1, 0.15) is 0 Å². The fourth-order valence-electron chi connectivity index (χ4n) is 8.29. The van der Waals surface area contributed by atoms with Crippen molar-refractivity contribution in [1.82, 2.24) is 9.55 Å². The van der Waals surface area contributed by atoms with Crippen LogP contribution in [0.15, 0.2) is 176 Å². The molecule has 7 aromatic carbocycles. The van der Waals surface area contributed by atoms with Crippen molar-refractivity contribution in [3.63, 3.8) is 0 Å². The van der Waals surface area contributed by atoms with Gasteiger partial charge in [-0.2, -0.15) is 0 Å². The quantitative estimate of drug-likeness (QED) is 0.184. The summed E-state index contributed by atoms with van der Waals surface area (Å²) in [7, 11) is 0. The van der Waals surface area contributed by atoms with Gasteiger partial charge in [-0.15, -0.1) is 0 Å². The Bertz CT molecular complexity index is 2760. The van der Waals surface area contributed by atoms with Crippen LogP contribution >= 0.6 is 0 Å². The first-order valence-corrected chi connectivity index (χ1v) is 17.6. The molecule has 2 heterocycles. The van der Waals surface area contributed by atoms with E-state index in [4.69, 9.17) is 0 Å². The summed E-state index contributed by atoms with van der Waals surface area (Å²) in [5, 5.41) is 4.79. The minimum Gasteiger partial charge on any atom is -0.310 e. The van der Waals surface area contributed by atoms with Crippen LogP contribution in [0.4, 0.5) is 17.1 Å². The zero-order valence-corrected chi connectivity index (χ0v) is 28.6. The van der Waals surface area contributed by atoms with Crippen molar-refractivity contribution < 1.29 is 0 Å².